The molecule has 0 N–H and O–H groups in total. The number of carbonyl (C=O) groups is 1. The van der Waals surface area contributed by atoms with Crippen molar-refractivity contribution in [1.29, 1.82) is 0 Å². The van der Waals surface area contributed by atoms with E-state index in [2.05, 4.69) is 46.5 Å². The predicted molar refractivity (Wildman–Crippen MR) is 111 cm³/mol. The van der Waals surface area contributed by atoms with E-state index in [9.17, 15) is 4.79 Å². The fourth-order valence-electron chi connectivity index (χ4n) is 4.28. The van der Waals surface area contributed by atoms with E-state index in [4.69, 9.17) is 4.74 Å². The molecule has 2 aromatic rings. The maximum Gasteiger partial charge on any atom is 0.314 e. The molecule has 0 saturated heterocycles. The van der Waals surface area contributed by atoms with Crippen molar-refractivity contribution < 1.29 is 9.53 Å². The highest BCUT2D eigenvalue weighted by Gasteiger charge is 2.42. The molecule has 3 heteroatoms. The van der Waals surface area contributed by atoms with Crippen LogP contribution in [0, 0.1) is 28.6 Å². The van der Waals surface area contributed by atoms with E-state index in [1.54, 1.807) is 6.20 Å². The quantitative estimate of drug-likeness (QED) is 0.464. The molecule has 1 aromatic heterocycles. The van der Waals surface area contributed by atoms with Crippen LogP contribution in [0.2, 0.25) is 0 Å². The molecular formula is C24H33NO2. The van der Waals surface area contributed by atoms with Crippen LogP contribution in [-0.2, 0) is 4.79 Å². The number of ether oxygens (including phenoxy) is 1. The number of hydrogen-bond acceptors (Lipinski definition) is 3. The van der Waals surface area contributed by atoms with E-state index in [0.29, 0.717) is 17.6 Å². The van der Waals surface area contributed by atoms with Crippen molar-refractivity contribution in [2.45, 2.75) is 60.8 Å². The maximum atomic E-state index is 13.1. The Hall–Kier alpha value is -1.90. The first kappa shape index (κ1) is 19.9. The Morgan fingerprint density at radius 1 is 0.926 bits per heavy atom. The summed E-state index contributed by atoms with van der Waals surface area (Å²) in [6.07, 6.45) is 4.75. The van der Waals surface area contributed by atoms with Crippen LogP contribution in [0.3, 0.4) is 0 Å². The first-order valence-corrected chi connectivity index (χ1v) is 10.1. The second-order valence-corrected chi connectivity index (χ2v) is 10.3. The summed E-state index contributed by atoms with van der Waals surface area (Å²) in [6, 6.07) is 9.65. The Kier molecular flexibility index (Phi) is 5.33. The van der Waals surface area contributed by atoms with Crippen LogP contribution in [0.1, 0.15) is 60.8 Å². The average molecular weight is 368 g/mol. The molecule has 0 amide bonds. The van der Waals surface area contributed by atoms with Gasteiger partial charge in [0.2, 0.25) is 0 Å². The maximum absolute atomic E-state index is 13.1. The van der Waals surface area contributed by atoms with Gasteiger partial charge in [-0.3, -0.25) is 9.78 Å². The van der Waals surface area contributed by atoms with Gasteiger partial charge in [-0.2, -0.15) is 0 Å². The molecule has 0 spiro atoms. The molecule has 1 aliphatic rings. The molecule has 3 atom stereocenters. The zero-order valence-electron chi connectivity index (χ0n) is 17.6. The van der Waals surface area contributed by atoms with Gasteiger partial charge in [0.15, 0.2) is 5.75 Å². The number of benzene rings is 1. The summed E-state index contributed by atoms with van der Waals surface area (Å²) in [5, 5.41) is 0.992. The Bertz CT molecular complexity index is 786. The van der Waals surface area contributed by atoms with E-state index >= 15 is 0 Å². The van der Waals surface area contributed by atoms with Gasteiger partial charge in [0.25, 0.3) is 0 Å². The van der Waals surface area contributed by atoms with Crippen LogP contribution < -0.4 is 4.74 Å². The SMILES string of the molecule is CC(C)(C)[C@@H]1CC(C(=O)Oc2cccc3cccnc23)C[C@H](C(C)(C)C)C1. The van der Waals surface area contributed by atoms with Crippen LogP contribution in [-0.4, -0.2) is 11.0 Å². The Morgan fingerprint density at radius 2 is 1.52 bits per heavy atom. The number of nitrogens with zero attached hydrogens (tertiary/aromatic N) is 1. The summed E-state index contributed by atoms with van der Waals surface area (Å²) in [5.41, 5.74) is 1.15. The van der Waals surface area contributed by atoms with E-state index in [1.807, 2.05) is 30.3 Å². The molecule has 1 aliphatic carbocycles. The molecular weight excluding hydrogens is 334 g/mol. The van der Waals surface area contributed by atoms with Crippen LogP contribution in [0.25, 0.3) is 10.9 Å². The molecule has 1 saturated carbocycles. The molecule has 3 nitrogen and oxygen atoms in total. The number of fused-ring (bicyclic) bond motifs is 1. The zero-order valence-corrected chi connectivity index (χ0v) is 17.6. The topological polar surface area (TPSA) is 39.2 Å². The van der Waals surface area contributed by atoms with Crippen molar-refractivity contribution in [3.63, 3.8) is 0 Å². The molecule has 1 heterocycles. The molecule has 1 unspecified atom stereocenters. The number of para-hydroxylation sites is 1. The predicted octanol–water partition coefficient (Wildman–Crippen LogP) is 6.26. The van der Waals surface area contributed by atoms with Gasteiger partial charge < -0.3 is 4.74 Å². The molecule has 3 rings (SSSR count). The summed E-state index contributed by atoms with van der Waals surface area (Å²) in [5.74, 6) is 1.48. The molecule has 0 radical (unpaired) electrons. The van der Waals surface area contributed by atoms with Gasteiger partial charge in [0.1, 0.15) is 5.52 Å². The van der Waals surface area contributed by atoms with Crippen LogP contribution in [0.4, 0.5) is 0 Å². The normalized spacial score (nSPS) is 24.0. The summed E-state index contributed by atoms with van der Waals surface area (Å²) in [7, 11) is 0. The minimum absolute atomic E-state index is 0.0498. The van der Waals surface area contributed by atoms with Crippen molar-refractivity contribution >= 4 is 16.9 Å². The molecule has 1 fully saturated rings. The first-order chi connectivity index (χ1) is 12.6. The van der Waals surface area contributed by atoms with Gasteiger partial charge in [0.05, 0.1) is 5.92 Å². The Balaban J connectivity index is 1.83. The van der Waals surface area contributed by atoms with Crippen molar-refractivity contribution in [3.8, 4) is 5.75 Å². The van der Waals surface area contributed by atoms with E-state index in [0.717, 1.165) is 23.7 Å². The van der Waals surface area contributed by atoms with Gasteiger partial charge >= 0.3 is 5.97 Å². The Morgan fingerprint density at radius 3 is 2.11 bits per heavy atom. The number of carbonyl (C=O) groups excluding carboxylic acids is 1. The smallest absolute Gasteiger partial charge is 0.314 e. The van der Waals surface area contributed by atoms with Crippen molar-refractivity contribution in [3.05, 3.63) is 36.5 Å². The standard InChI is InChI=1S/C24H33NO2/c1-23(2,3)18-13-17(14-19(15-18)24(4,5)6)22(26)27-20-11-7-9-16-10-8-12-25-21(16)20/h7-12,17-19H,13-15H2,1-6H3/t17?,18-,19+. The first-order valence-electron chi connectivity index (χ1n) is 10.1. The summed E-state index contributed by atoms with van der Waals surface area (Å²) in [6.45, 7) is 13.7. The zero-order chi connectivity index (χ0) is 19.8. The number of rotatable bonds is 2. The number of hydrogen-bond donors (Lipinski definition) is 0. The van der Waals surface area contributed by atoms with Crippen LogP contribution in [0.5, 0.6) is 5.75 Å². The average Bonchev–Trinajstić information content (AvgIpc) is 2.60. The van der Waals surface area contributed by atoms with E-state index in [1.165, 1.54) is 6.42 Å². The van der Waals surface area contributed by atoms with Crippen molar-refractivity contribution in [2.24, 2.45) is 28.6 Å². The molecule has 0 bridgehead atoms. The molecule has 0 aliphatic heterocycles. The minimum Gasteiger partial charge on any atom is -0.424 e. The third kappa shape index (κ3) is 4.51. The highest BCUT2D eigenvalue weighted by Crippen LogP contribution is 2.48. The van der Waals surface area contributed by atoms with E-state index < -0.39 is 0 Å². The Labute approximate surface area is 163 Å². The minimum atomic E-state index is -0.101. The largest absolute Gasteiger partial charge is 0.424 e. The fourth-order valence-corrected chi connectivity index (χ4v) is 4.28. The lowest BCUT2D eigenvalue weighted by Gasteiger charge is -2.45. The third-order valence-corrected chi connectivity index (χ3v) is 6.30. The monoisotopic (exact) mass is 367 g/mol. The van der Waals surface area contributed by atoms with Gasteiger partial charge in [-0.1, -0.05) is 59.7 Å². The van der Waals surface area contributed by atoms with Crippen LogP contribution in [0.15, 0.2) is 36.5 Å². The van der Waals surface area contributed by atoms with E-state index in [-0.39, 0.29) is 22.7 Å². The lowest BCUT2D eigenvalue weighted by Crippen LogP contribution is -2.39. The number of aromatic nitrogens is 1. The summed E-state index contributed by atoms with van der Waals surface area (Å²) >= 11 is 0. The molecule has 146 valence electrons. The third-order valence-electron chi connectivity index (χ3n) is 6.30. The van der Waals surface area contributed by atoms with Crippen LogP contribution >= 0.6 is 0 Å². The highest BCUT2D eigenvalue weighted by molar-refractivity contribution is 5.87. The lowest BCUT2D eigenvalue weighted by molar-refractivity contribution is -0.142. The van der Waals surface area contributed by atoms with Gasteiger partial charge in [-0.05, 0) is 54.1 Å². The lowest BCUT2D eigenvalue weighted by atomic mass is 9.60. The second kappa shape index (κ2) is 7.26. The summed E-state index contributed by atoms with van der Waals surface area (Å²) in [4.78, 5) is 17.5. The fraction of sp³-hybridized carbons (Fsp3) is 0.583. The van der Waals surface area contributed by atoms with Gasteiger partial charge in [0, 0.05) is 11.6 Å². The van der Waals surface area contributed by atoms with Crippen molar-refractivity contribution in [2.75, 3.05) is 0 Å². The van der Waals surface area contributed by atoms with Gasteiger partial charge in [-0.25, -0.2) is 0 Å². The summed E-state index contributed by atoms with van der Waals surface area (Å²) < 4.78 is 5.89. The molecule has 1 aromatic carbocycles. The number of esters is 1. The second-order valence-electron chi connectivity index (χ2n) is 10.3. The van der Waals surface area contributed by atoms with Gasteiger partial charge in [-0.15, -0.1) is 0 Å². The molecule has 27 heavy (non-hydrogen) atoms. The van der Waals surface area contributed by atoms with Crippen molar-refractivity contribution in [1.82, 2.24) is 4.98 Å². The number of pyridine rings is 1. The highest BCUT2D eigenvalue weighted by atomic mass is 16.5.